The molecule has 1 aliphatic rings. The van der Waals surface area contributed by atoms with E-state index in [1.165, 1.54) is 0 Å². The zero-order chi connectivity index (χ0) is 6.91. The highest BCUT2D eigenvalue weighted by molar-refractivity contribution is 5.85. The van der Waals surface area contributed by atoms with E-state index in [9.17, 15) is 8.78 Å². The van der Waals surface area contributed by atoms with Crippen molar-refractivity contribution >= 4 is 12.4 Å². The van der Waals surface area contributed by atoms with Crippen LogP contribution in [-0.2, 0) is 4.74 Å². The third kappa shape index (κ3) is 1.38. The molecule has 1 aliphatic heterocycles. The first kappa shape index (κ1) is 10.1. The van der Waals surface area contributed by atoms with E-state index in [0.29, 0.717) is 0 Å². The molecular formula is C5H10ClF2NO. The minimum Gasteiger partial charge on any atom is -0.380 e. The number of halogens is 3. The first-order valence-electron chi connectivity index (χ1n) is 2.77. The summed E-state index contributed by atoms with van der Waals surface area (Å²) in [5.74, 6) is 0. The quantitative estimate of drug-likeness (QED) is 0.666. The van der Waals surface area contributed by atoms with Crippen LogP contribution in [0, 0.1) is 5.41 Å². The summed E-state index contributed by atoms with van der Waals surface area (Å²) in [7, 11) is 0. The molecule has 0 aromatic rings. The van der Waals surface area contributed by atoms with Gasteiger partial charge in [-0.2, -0.15) is 0 Å². The lowest BCUT2D eigenvalue weighted by molar-refractivity contribution is -0.178. The average molecular weight is 174 g/mol. The summed E-state index contributed by atoms with van der Waals surface area (Å²) in [5, 5.41) is 0. The van der Waals surface area contributed by atoms with Crippen molar-refractivity contribution in [2.75, 3.05) is 19.8 Å². The standard InChI is InChI=1S/C5H9F2NO.ClH/c6-4(7)5(1-8)2-9-3-5;/h4H,1-3,8H2;1H. The smallest absolute Gasteiger partial charge is 0.249 e. The molecule has 2 N–H and O–H groups in total. The summed E-state index contributed by atoms with van der Waals surface area (Å²) in [6, 6.07) is 0. The summed E-state index contributed by atoms with van der Waals surface area (Å²) >= 11 is 0. The van der Waals surface area contributed by atoms with Crippen LogP contribution in [0.4, 0.5) is 8.78 Å². The second-order valence-electron chi connectivity index (χ2n) is 2.36. The molecular weight excluding hydrogens is 164 g/mol. The molecule has 62 valence electrons. The number of rotatable bonds is 2. The third-order valence-electron chi connectivity index (χ3n) is 1.65. The van der Waals surface area contributed by atoms with Gasteiger partial charge in [0.15, 0.2) is 0 Å². The fourth-order valence-corrected chi connectivity index (χ4v) is 0.697. The summed E-state index contributed by atoms with van der Waals surface area (Å²) in [4.78, 5) is 0. The SMILES string of the molecule is Cl.NCC1(C(F)F)COC1. The molecule has 10 heavy (non-hydrogen) atoms. The van der Waals surface area contributed by atoms with Crippen molar-refractivity contribution in [1.82, 2.24) is 0 Å². The van der Waals surface area contributed by atoms with Crippen LogP contribution in [0.2, 0.25) is 0 Å². The molecule has 0 amide bonds. The van der Waals surface area contributed by atoms with Gasteiger partial charge in [-0.25, -0.2) is 8.78 Å². The molecule has 0 aromatic carbocycles. The van der Waals surface area contributed by atoms with Crippen LogP contribution in [-0.4, -0.2) is 26.2 Å². The van der Waals surface area contributed by atoms with E-state index in [-0.39, 0.29) is 32.2 Å². The highest BCUT2D eigenvalue weighted by Crippen LogP contribution is 2.32. The number of hydrogen-bond acceptors (Lipinski definition) is 2. The molecule has 0 radical (unpaired) electrons. The van der Waals surface area contributed by atoms with Gasteiger partial charge in [0.2, 0.25) is 6.43 Å². The Morgan fingerprint density at radius 1 is 1.50 bits per heavy atom. The monoisotopic (exact) mass is 173 g/mol. The lowest BCUT2D eigenvalue weighted by atomic mass is 9.87. The Morgan fingerprint density at radius 3 is 2.00 bits per heavy atom. The lowest BCUT2D eigenvalue weighted by Gasteiger charge is -2.39. The Balaban J connectivity index is 0.000000810. The summed E-state index contributed by atoms with van der Waals surface area (Å²) in [6.45, 7) is 0.243. The Morgan fingerprint density at radius 2 is 2.00 bits per heavy atom. The lowest BCUT2D eigenvalue weighted by Crippen LogP contribution is -2.53. The second-order valence-corrected chi connectivity index (χ2v) is 2.36. The van der Waals surface area contributed by atoms with Gasteiger partial charge in [-0.15, -0.1) is 12.4 Å². The zero-order valence-electron chi connectivity index (χ0n) is 5.35. The minimum atomic E-state index is -2.34. The van der Waals surface area contributed by atoms with Gasteiger partial charge in [0, 0.05) is 6.54 Å². The van der Waals surface area contributed by atoms with Gasteiger partial charge in [0.1, 0.15) is 0 Å². The molecule has 5 heteroatoms. The number of nitrogens with two attached hydrogens (primary N) is 1. The summed E-state index contributed by atoms with van der Waals surface area (Å²) < 4.78 is 28.6. The Kier molecular flexibility index (Phi) is 3.48. The van der Waals surface area contributed by atoms with Gasteiger partial charge in [-0.3, -0.25) is 0 Å². The molecule has 1 saturated heterocycles. The van der Waals surface area contributed by atoms with Crippen LogP contribution in [0.25, 0.3) is 0 Å². The predicted molar refractivity (Wildman–Crippen MR) is 35.6 cm³/mol. The van der Waals surface area contributed by atoms with E-state index in [1.807, 2.05) is 0 Å². The maximum Gasteiger partial charge on any atom is 0.249 e. The van der Waals surface area contributed by atoms with Crippen LogP contribution in [0.15, 0.2) is 0 Å². The van der Waals surface area contributed by atoms with Crippen molar-refractivity contribution in [2.24, 2.45) is 11.1 Å². The van der Waals surface area contributed by atoms with Gasteiger partial charge in [0.05, 0.1) is 18.6 Å². The molecule has 0 unspecified atom stereocenters. The van der Waals surface area contributed by atoms with Gasteiger partial charge in [0.25, 0.3) is 0 Å². The zero-order valence-corrected chi connectivity index (χ0v) is 6.16. The van der Waals surface area contributed by atoms with Crippen molar-refractivity contribution in [2.45, 2.75) is 6.43 Å². The maximum absolute atomic E-state index is 12.0. The molecule has 0 aliphatic carbocycles. The van der Waals surface area contributed by atoms with Crippen LogP contribution in [0.3, 0.4) is 0 Å². The van der Waals surface area contributed by atoms with E-state index in [0.717, 1.165) is 0 Å². The number of ether oxygens (including phenoxy) is 1. The van der Waals surface area contributed by atoms with Gasteiger partial charge in [-0.05, 0) is 0 Å². The Hall–Kier alpha value is 0.0700. The Bertz CT molecular complexity index is 102. The first-order chi connectivity index (χ1) is 4.21. The van der Waals surface area contributed by atoms with Crippen molar-refractivity contribution in [3.8, 4) is 0 Å². The highest BCUT2D eigenvalue weighted by atomic mass is 35.5. The van der Waals surface area contributed by atoms with E-state index < -0.39 is 11.8 Å². The van der Waals surface area contributed by atoms with Gasteiger partial charge >= 0.3 is 0 Å². The molecule has 0 bridgehead atoms. The largest absolute Gasteiger partial charge is 0.380 e. The van der Waals surface area contributed by atoms with Crippen molar-refractivity contribution < 1.29 is 13.5 Å². The molecule has 1 fully saturated rings. The number of alkyl halides is 2. The summed E-state index contributed by atoms with van der Waals surface area (Å²) in [5.41, 5.74) is 4.10. The third-order valence-corrected chi connectivity index (χ3v) is 1.65. The topological polar surface area (TPSA) is 35.2 Å². The predicted octanol–water partition coefficient (Wildman–Crippen LogP) is 0.649. The molecule has 0 spiro atoms. The molecule has 0 saturated carbocycles. The van der Waals surface area contributed by atoms with Crippen LogP contribution >= 0.6 is 12.4 Å². The average Bonchev–Trinajstić information content (AvgIpc) is 1.62. The van der Waals surface area contributed by atoms with Crippen LogP contribution in [0.1, 0.15) is 0 Å². The van der Waals surface area contributed by atoms with Crippen LogP contribution in [0.5, 0.6) is 0 Å². The van der Waals surface area contributed by atoms with Crippen LogP contribution < -0.4 is 5.73 Å². The molecule has 2 nitrogen and oxygen atoms in total. The van der Waals surface area contributed by atoms with Crippen molar-refractivity contribution in [3.63, 3.8) is 0 Å². The van der Waals surface area contributed by atoms with E-state index in [4.69, 9.17) is 5.73 Å². The minimum absolute atomic E-state index is 0. The molecule has 0 atom stereocenters. The van der Waals surface area contributed by atoms with Crippen molar-refractivity contribution in [3.05, 3.63) is 0 Å². The Labute approximate surface area is 64.1 Å². The maximum atomic E-state index is 12.0. The molecule has 0 aromatic heterocycles. The molecule has 1 heterocycles. The second kappa shape index (κ2) is 3.46. The fraction of sp³-hybridized carbons (Fsp3) is 1.00. The summed E-state index contributed by atoms with van der Waals surface area (Å²) in [6.07, 6.45) is -2.34. The molecule has 1 rings (SSSR count). The van der Waals surface area contributed by atoms with Gasteiger partial charge < -0.3 is 10.5 Å². The highest BCUT2D eigenvalue weighted by Gasteiger charge is 2.45. The van der Waals surface area contributed by atoms with E-state index >= 15 is 0 Å². The van der Waals surface area contributed by atoms with E-state index in [2.05, 4.69) is 4.74 Å². The fourth-order valence-electron chi connectivity index (χ4n) is 0.697. The van der Waals surface area contributed by atoms with Crippen molar-refractivity contribution in [1.29, 1.82) is 0 Å². The van der Waals surface area contributed by atoms with Gasteiger partial charge in [-0.1, -0.05) is 0 Å². The normalized spacial score (nSPS) is 21.6. The first-order valence-corrected chi connectivity index (χ1v) is 2.77. The number of hydrogen-bond donors (Lipinski definition) is 1. The van der Waals surface area contributed by atoms with E-state index in [1.54, 1.807) is 0 Å².